The highest BCUT2D eigenvalue weighted by Crippen LogP contribution is 2.51. The van der Waals surface area contributed by atoms with E-state index < -0.39 is 34.6 Å². The summed E-state index contributed by atoms with van der Waals surface area (Å²) in [5, 5.41) is 5.27. The standard InChI is InChI=1S/C33H28ClF5N7O3Si/c1-31(19-3-2-18(34)12-21(19)36)48-25-5-4-20(35)27(28(25)49-31)17-6-9-45(10-7-17)15-26-41-22-13-23(29-42-30(44-43-29)33(37,38)39)40-14-24(22)46(26)16-32(50)8-11-47-32/h2-5,12-14,17H,6-11,15-16H2,1H3,(H,42,43,44)/t31?,32-/m1/s1. The van der Waals surface area contributed by atoms with Gasteiger partial charge in [-0.1, -0.05) is 11.6 Å². The monoisotopic (exact) mass is 728 g/mol. The highest BCUT2D eigenvalue weighted by molar-refractivity contribution is 6.30. The number of hydrogen-bond donors (Lipinski definition) is 1. The van der Waals surface area contributed by atoms with Gasteiger partial charge in [0.05, 0.1) is 44.8 Å². The summed E-state index contributed by atoms with van der Waals surface area (Å²) in [5.74, 6) is -2.80. The van der Waals surface area contributed by atoms with Crippen LogP contribution in [0.5, 0.6) is 11.5 Å². The number of ether oxygens (including phenoxy) is 3. The lowest BCUT2D eigenvalue weighted by Gasteiger charge is -2.39. The van der Waals surface area contributed by atoms with Gasteiger partial charge in [0.2, 0.25) is 5.82 Å². The number of rotatable bonds is 7. The van der Waals surface area contributed by atoms with Crippen molar-refractivity contribution in [1.29, 1.82) is 0 Å². The van der Waals surface area contributed by atoms with E-state index in [1.54, 1.807) is 25.3 Å². The summed E-state index contributed by atoms with van der Waals surface area (Å²) >= 11 is 5.95. The van der Waals surface area contributed by atoms with Gasteiger partial charge in [0, 0.05) is 30.7 Å². The Morgan fingerprint density at radius 3 is 2.52 bits per heavy atom. The molecule has 2 atom stereocenters. The van der Waals surface area contributed by atoms with E-state index in [-0.39, 0.29) is 33.8 Å². The van der Waals surface area contributed by atoms with Crippen molar-refractivity contribution in [3.05, 3.63) is 82.0 Å². The lowest BCUT2D eigenvalue weighted by Crippen LogP contribution is -2.48. The summed E-state index contributed by atoms with van der Waals surface area (Å²) in [5.41, 5.74) is 1.89. The van der Waals surface area contributed by atoms with Crippen molar-refractivity contribution in [2.24, 2.45) is 0 Å². The second-order valence-electron chi connectivity index (χ2n) is 12.9. The number of nitrogens with zero attached hydrogens (tertiary/aromatic N) is 6. The molecule has 0 bridgehead atoms. The van der Waals surface area contributed by atoms with Crippen molar-refractivity contribution in [3.8, 4) is 23.0 Å². The third-order valence-electron chi connectivity index (χ3n) is 9.48. The highest BCUT2D eigenvalue weighted by atomic mass is 35.5. The van der Waals surface area contributed by atoms with Crippen molar-refractivity contribution in [2.75, 3.05) is 19.7 Å². The lowest BCUT2D eigenvalue weighted by molar-refractivity contribution is -0.144. The summed E-state index contributed by atoms with van der Waals surface area (Å²) in [6.45, 7) is 4.29. The van der Waals surface area contributed by atoms with Crippen LogP contribution in [0.3, 0.4) is 0 Å². The Morgan fingerprint density at radius 2 is 1.84 bits per heavy atom. The zero-order chi connectivity index (χ0) is 35.0. The fourth-order valence-electron chi connectivity index (χ4n) is 6.82. The number of nitrogens with one attached hydrogen (secondary N) is 1. The van der Waals surface area contributed by atoms with E-state index in [9.17, 15) is 17.6 Å². The second kappa shape index (κ2) is 12.0. The van der Waals surface area contributed by atoms with Crippen molar-refractivity contribution >= 4 is 32.9 Å². The van der Waals surface area contributed by atoms with E-state index >= 15 is 4.39 Å². The maximum Gasteiger partial charge on any atom is 0.451 e. The number of halogens is 6. The number of aromatic nitrogens is 6. The van der Waals surface area contributed by atoms with Crippen LogP contribution in [0.15, 0.2) is 42.6 Å². The number of hydrogen-bond acceptors (Lipinski definition) is 8. The molecule has 3 aliphatic rings. The molecule has 2 fully saturated rings. The minimum absolute atomic E-state index is 0.146. The fraction of sp³-hybridized carbons (Fsp3) is 0.394. The molecule has 3 radical (unpaired) electrons. The number of benzene rings is 2. The number of piperidine rings is 1. The molecule has 5 aromatic rings. The summed E-state index contributed by atoms with van der Waals surface area (Å²) in [6, 6.07) is 8.62. The van der Waals surface area contributed by atoms with Crippen LogP contribution in [0.1, 0.15) is 54.9 Å². The molecule has 2 aromatic carbocycles. The number of imidazole rings is 1. The predicted molar refractivity (Wildman–Crippen MR) is 171 cm³/mol. The van der Waals surface area contributed by atoms with Crippen molar-refractivity contribution in [1.82, 2.24) is 34.6 Å². The number of alkyl halides is 3. The quantitative estimate of drug-likeness (QED) is 0.150. The Hall–Kier alpha value is -4.12. The van der Waals surface area contributed by atoms with Gasteiger partial charge in [-0.15, -0.1) is 0 Å². The lowest BCUT2D eigenvalue weighted by atomic mass is 9.88. The van der Waals surface area contributed by atoms with E-state index in [2.05, 4.69) is 30.2 Å². The molecule has 50 heavy (non-hydrogen) atoms. The van der Waals surface area contributed by atoms with E-state index in [0.29, 0.717) is 73.8 Å². The molecule has 3 aromatic heterocycles. The van der Waals surface area contributed by atoms with Gasteiger partial charge in [0.15, 0.2) is 17.3 Å². The van der Waals surface area contributed by atoms with Crippen LogP contribution in [0, 0.1) is 11.6 Å². The average molecular weight is 729 g/mol. The van der Waals surface area contributed by atoms with E-state index in [1.165, 1.54) is 24.3 Å². The first-order valence-corrected chi connectivity index (χ1v) is 16.8. The molecular formula is C33H28ClF5N7O3Si. The first-order valence-electron chi connectivity index (χ1n) is 15.9. The van der Waals surface area contributed by atoms with Gasteiger partial charge < -0.3 is 18.8 Å². The predicted octanol–water partition coefficient (Wildman–Crippen LogP) is 6.48. The van der Waals surface area contributed by atoms with Gasteiger partial charge in [-0.3, -0.25) is 15.0 Å². The van der Waals surface area contributed by atoms with Crippen LogP contribution in [0.4, 0.5) is 22.0 Å². The second-order valence-corrected chi connectivity index (χ2v) is 14.2. The van der Waals surface area contributed by atoms with E-state index in [4.69, 9.17) is 30.8 Å². The van der Waals surface area contributed by atoms with Crippen LogP contribution in [-0.2, 0) is 29.8 Å². The summed E-state index contributed by atoms with van der Waals surface area (Å²) < 4.78 is 89.8. The van der Waals surface area contributed by atoms with Crippen molar-refractivity contribution in [2.45, 2.75) is 62.4 Å². The molecule has 0 spiro atoms. The minimum atomic E-state index is -4.67. The van der Waals surface area contributed by atoms with Crippen LogP contribution in [0.2, 0.25) is 5.02 Å². The summed E-state index contributed by atoms with van der Waals surface area (Å²) in [4.78, 5) is 15.0. The van der Waals surface area contributed by atoms with Gasteiger partial charge in [-0.2, -0.15) is 18.3 Å². The van der Waals surface area contributed by atoms with Gasteiger partial charge >= 0.3 is 6.18 Å². The van der Waals surface area contributed by atoms with Crippen LogP contribution >= 0.6 is 11.6 Å². The highest BCUT2D eigenvalue weighted by Gasteiger charge is 2.44. The molecular weight excluding hydrogens is 701 g/mol. The van der Waals surface area contributed by atoms with Crippen LogP contribution < -0.4 is 9.47 Å². The maximum atomic E-state index is 15.5. The molecule has 0 amide bonds. The Bertz CT molecular complexity index is 2120. The van der Waals surface area contributed by atoms with Crippen LogP contribution in [-0.4, -0.2) is 69.8 Å². The van der Waals surface area contributed by atoms with Gasteiger partial charge in [-0.05, 0) is 74.7 Å². The molecule has 1 unspecified atom stereocenters. The SMILES string of the molecule is CC1(c2ccc(Cl)cc2F)Oc2ccc(F)c(C3CCN(Cc4nc5cc(-c6n[nH]c(C(F)(F)F)n6)ncc5n4C[C@]4([Si])CCO4)CC3)c2O1. The number of pyridine rings is 1. The Kier molecular flexibility index (Phi) is 7.93. The Balaban J connectivity index is 1.02. The number of likely N-dealkylation sites (tertiary alicyclic amines) is 1. The molecule has 8 rings (SSSR count). The molecule has 17 heteroatoms. The van der Waals surface area contributed by atoms with Gasteiger partial charge in [0.1, 0.15) is 23.2 Å². The normalized spacial score (nSPS) is 22.7. The molecule has 259 valence electrons. The number of fused-ring (bicyclic) bond motifs is 2. The van der Waals surface area contributed by atoms with Crippen molar-refractivity contribution in [3.63, 3.8) is 0 Å². The zero-order valence-electron chi connectivity index (χ0n) is 26.5. The number of H-pyrrole nitrogens is 1. The minimum Gasteiger partial charge on any atom is -0.444 e. The topological polar surface area (TPSA) is 103 Å². The van der Waals surface area contributed by atoms with E-state index in [0.717, 1.165) is 6.42 Å². The molecule has 10 nitrogen and oxygen atoms in total. The smallest absolute Gasteiger partial charge is 0.444 e. The van der Waals surface area contributed by atoms with E-state index in [1.807, 2.05) is 9.67 Å². The first-order chi connectivity index (χ1) is 23.8. The molecule has 3 aliphatic heterocycles. The molecule has 6 heterocycles. The van der Waals surface area contributed by atoms with Gasteiger partial charge in [0.25, 0.3) is 5.79 Å². The van der Waals surface area contributed by atoms with Gasteiger partial charge in [-0.25, -0.2) is 18.7 Å². The zero-order valence-corrected chi connectivity index (χ0v) is 28.2. The number of aromatic amines is 1. The first kappa shape index (κ1) is 33.0. The average Bonchev–Trinajstić information content (AvgIpc) is 3.77. The van der Waals surface area contributed by atoms with Crippen LogP contribution in [0.25, 0.3) is 22.6 Å². The molecule has 0 saturated carbocycles. The van der Waals surface area contributed by atoms with Crippen molar-refractivity contribution < 1.29 is 36.2 Å². The third-order valence-corrected chi connectivity index (χ3v) is 10.3. The summed E-state index contributed by atoms with van der Waals surface area (Å²) in [6.07, 6.45) is -1.14. The molecule has 2 saturated heterocycles. The maximum absolute atomic E-state index is 15.5. The third kappa shape index (κ3) is 5.91. The largest absolute Gasteiger partial charge is 0.451 e. The Morgan fingerprint density at radius 1 is 1.06 bits per heavy atom. The summed E-state index contributed by atoms with van der Waals surface area (Å²) in [7, 11) is 3.74. The fourth-order valence-corrected chi connectivity index (χ4v) is 7.34. The molecule has 1 N–H and O–H groups in total. The molecule has 0 aliphatic carbocycles. The Labute approximate surface area is 290 Å².